The van der Waals surface area contributed by atoms with E-state index in [0.29, 0.717) is 12.1 Å². The second-order valence-corrected chi connectivity index (χ2v) is 9.43. The maximum absolute atomic E-state index is 9.71. The Morgan fingerprint density at radius 1 is 1.13 bits per heavy atom. The quantitative estimate of drug-likeness (QED) is 0.469. The molecule has 0 amide bonds. The summed E-state index contributed by atoms with van der Waals surface area (Å²) in [5, 5.41) is 15.6. The summed E-state index contributed by atoms with van der Waals surface area (Å²) < 4.78 is 6.04. The third-order valence-electron chi connectivity index (χ3n) is 5.94. The predicted octanol–water partition coefficient (Wildman–Crippen LogP) is 5.01. The number of nitrogens with zero attached hydrogens (tertiary/aromatic N) is 1. The first-order chi connectivity index (χ1) is 15.2. The minimum absolute atomic E-state index is 0.254. The number of aliphatic hydroxyl groups excluding tert-OH is 1. The van der Waals surface area contributed by atoms with Crippen molar-refractivity contribution in [2.24, 2.45) is 0 Å². The molecule has 1 aliphatic heterocycles. The summed E-state index contributed by atoms with van der Waals surface area (Å²) in [6, 6.07) is 21.4. The Hall–Kier alpha value is -2.18. The summed E-state index contributed by atoms with van der Waals surface area (Å²) >= 11 is 1.81. The van der Waals surface area contributed by atoms with Crippen LogP contribution in [0, 0.1) is 6.92 Å². The molecular weight excluding hydrogens is 404 g/mol. The number of aliphatic hydroxyl groups is 1. The van der Waals surface area contributed by atoms with E-state index in [4.69, 9.17) is 4.74 Å². The fraction of sp³-hybridized carbons (Fsp3) is 0.385. The van der Waals surface area contributed by atoms with Crippen LogP contribution in [0.2, 0.25) is 0 Å². The van der Waals surface area contributed by atoms with Crippen molar-refractivity contribution in [3.8, 4) is 11.5 Å². The molecule has 2 heterocycles. The fourth-order valence-electron chi connectivity index (χ4n) is 4.22. The number of thiophene rings is 1. The summed E-state index contributed by atoms with van der Waals surface area (Å²) in [7, 11) is 0. The zero-order valence-corrected chi connectivity index (χ0v) is 19.0. The highest BCUT2D eigenvalue weighted by Gasteiger charge is 2.26. The van der Waals surface area contributed by atoms with Gasteiger partial charge in [-0.15, -0.1) is 11.3 Å². The van der Waals surface area contributed by atoms with Gasteiger partial charge in [0.25, 0.3) is 0 Å². The summed E-state index contributed by atoms with van der Waals surface area (Å²) in [4.78, 5) is 3.84. The second-order valence-electron chi connectivity index (χ2n) is 8.40. The van der Waals surface area contributed by atoms with E-state index >= 15 is 0 Å². The van der Waals surface area contributed by atoms with Gasteiger partial charge in [0.15, 0.2) is 0 Å². The van der Waals surface area contributed by atoms with Crippen LogP contribution in [0.1, 0.15) is 28.8 Å². The molecule has 2 N–H and O–H groups in total. The molecule has 1 aromatic heterocycles. The molecule has 1 saturated heterocycles. The Morgan fingerprint density at radius 3 is 2.77 bits per heavy atom. The molecule has 1 aliphatic rings. The molecule has 164 valence electrons. The van der Waals surface area contributed by atoms with Gasteiger partial charge in [-0.3, -0.25) is 4.90 Å². The zero-order chi connectivity index (χ0) is 21.5. The monoisotopic (exact) mass is 436 g/mol. The maximum atomic E-state index is 9.71. The lowest BCUT2D eigenvalue weighted by Gasteiger charge is -2.28. The number of rotatable bonds is 10. The van der Waals surface area contributed by atoms with Crippen LogP contribution in [-0.4, -0.2) is 41.8 Å². The smallest absolute Gasteiger partial charge is 0.127 e. The van der Waals surface area contributed by atoms with Crippen LogP contribution in [0.15, 0.2) is 66.0 Å². The third-order valence-corrected chi connectivity index (χ3v) is 6.84. The van der Waals surface area contributed by atoms with Crippen LogP contribution in [0.25, 0.3) is 0 Å². The van der Waals surface area contributed by atoms with E-state index < -0.39 is 0 Å². The van der Waals surface area contributed by atoms with E-state index in [9.17, 15) is 5.11 Å². The molecule has 0 saturated carbocycles. The Kier molecular flexibility index (Phi) is 7.76. The van der Waals surface area contributed by atoms with E-state index in [-0.39, 0.29) is 6.61 Å². The van der Waals surface area contributed by atoms with E-state index in [1.165, 1.54) is 22.4 Å². The van der Waals surface area contributed by atoms with Crippen molar-refractivity contribution in [3.63, 3.8) is 0 Å². The van der Waals surface area contributed by atoms with Gasteiger partial charge < -0.3 is 15.2 Å². The van der Waals surface area contributed by atoms with Crippen LogP contribution in [-0.2, 0) is 13.0 Å². The van der Waals surface area contributed by atoms with Crippen molar-refractivity contribution in [1.82, 2.24) is 10.2 Å². The first-order valence-corrected chi connectivity index (χ1v) is 12.0. The number of likely N-dealkylation sites (tertiary alicyclic amines) is 1. The van der Waals surface area contributed by atoms with Crippen LogP contribution in [0.3, 0.4) is 0 Å². The predicted molar refractivity (Wildman–Crippen MR) is 128 cm³/mol. The first kappa shape index (κ1) is 22.0. The Morgan fingerprint density at radius 2 is 2.00 bits per heavy atom. The summed E-state index contributed by atoms with van der Waals surface area (Å²) in [5.74, 6) is 1.72. The number of ether oxygens (including phenoxy) is 1. The SMILES string of the molecule is Cc1ccc(Oc2cccc(CNC(Cc3cccs3)CN3CCCC3CO)c2)cc1. The molecule has 3 aromatic rings. The molecule has 4 rings (SSSR count). The van der Waals surface area contributed by atoms with E-state index in [1.807, 2.05) is 29.5 Å². The first-order valence-electron chi connectivity index (χ1n) is 11.1. The van der Waals surface area contributed by atoms with Gasteiger partial charge in [-0.05, 0) is 74.0 Å². The largest absolute Gasteiger partial charge is 0.457 e. The van der Waals surface area contributed by atoms with Crippen molar-refractivity contribution >= 4 is 11.3 Å². The Labute approximate surface area is 189 Å². The molecule has 4 nitrogen and oxygen atoms in total. The van der Waals surface area contributed by atoms with Crippen LogP contribution >= 0.6 is 11.3 Å². The van der Waals surface area contributed by atoms with Crippen molar-refractivity contribution in [3.05, 3.63) is 82.0 Å². The highest BCUT2D eigenvalue weighted by molar-refractivity contribution is 7.09. The molecule has 0 radical (unpaired) electrons. The fourth-order valence-corrected chi connectivity index (χ4v) is 5.01. The summed E-state index contributed by atoms with van der Waals surface area (Å²) in [5.41, 5.74) is 2.43. The topological polar surface area (TPSA) is 44.7 Å². The van der Waals surface area contributed by atoms with Gasteiger partial charge in [0.1, 0.15) is 11.5 Å². The average molecular weight is 437 g/mol. The number of aryl methyl sites for hydroxylation is 1. The van der Waals surface area contributed by atoms with Crippen LogP contribution < -0.4 is 10.1 Å². The van der Waals surface area contributed by atoms with Crippen molar-refractivity contribution in [2.45, 2.75) is 44.8 Å². The van der Waals surface area contributed by atoms with Gasteiger partial charge >= 0.3 is 0 Å². The maximum Gasteiger partial charge on any atom is 0.127 e. The zero-order valence-electron chi connectivity index (χ0n) is 18.2. The molecule has 31 heavy (non-hydrogen) atoms. The molecular formula is C26H32N2O2S. The minimum atomic E-state index is 0.254. The molecule has 0 spiro atoms. The van der Waals surface area contributed by atoms with Crippen molar-refractivity contribution in [2.75, 3.05) is 19.7 Å². The molecule has 0 bridgehead atoms. The molecule has 0 aliphatic carbocycles. The van der Waals surface area contributed by atoms with E-state index in [0.717, 1.165) is 44.0 Å². The number of benzene rings is 2. The number of hydrogen-bond donors (Lipinski definition) is 2. The van der Waals surface area contributed by atoms with Gasteiger partial charge in [0.05, 0.1) is 6.61 Å². The van der Waals surface area contributed by atoms with Gasteiger partial charge in [-0.25, -0.2) is 0 Å². The standard InChI is InChI=1S/C26H32N2O2S/c1-20-9-11-24(12-10-20)30-25-7-2-5-21(15-25)17-27-22(16-26-8-4-14-31-26)18-28-13-3-6-23(28)19-29/h2,4-5,7-12,14-15,22-23,27,29H,3,6,13,16-19H2,1H3. The summed E-state index contributed by atoms with van der Waals surface area (Å²) in [6.07, 6.45) is 3.28. The van der Waals surface area contributed by atoms with E-state index in [1.54, 1.807) is 0 Å². The Balaban J connectivity index is 1.39. The summed E-state index contributed by atoms with van der Waals surface area (Å²) in [6.45, 7) is 5.16. The lowest BCUT2D eigenvalue weighted by atomic mass is 10.1. The molecule has 1 fully saturated rings. The van der Waals surface area contributed by atoms with Gasteiger partial charge in [0.2, 0.25) is 0 Å². The number of hydrogen-bond acceptors (Lipinski definition) is 5. The highest BCUT2D eigenvalue weighted by Crippen LogP contribution is 2.23. The van der Waals surface area contributed by atoms with Gasteiger partial charge in [-0.1, -0.05) is 35.9 Å². The molecule has 5 heteroatoms. The normalized spacial score (nSPS) is 17.7. The molecule has 2 aromatic carbocycles. The average Bonchev–Trinajstić information content (AvgIpc) is 3.46. The lowest BCUT2D eigenvalue weighted by molar-refractivity contribution is 0.147. The second kappa shape index (κ2) is 10.9. The van der Waals surface area contributed by atoms with Crippen molar-refractivity contribution in [1.29, 1.82) is 0 Å². The minimum Gasteiger partial charge on any atom is -0.457 e. The third kappa shape index (κ3) is 6.40. The van der Waals surface area contributed by atoms with Gasteiger partial charge in [0, 0.05) is 30.1 Å². The van der Waals surface area contributed by atoms with Crippen molar-refractivity contribution < 1.29 is 9.84 Å². The van der Waals surface area contributed by atoms with Gasteiger partial charge in [-0.2, -0.15) is 0 Å². The molecule has 2 unspecified atom stereocenters. The highest BCUT2D eigenvalue weighted by atomic mass is 32.1. The number of nitrogens with one attached hydrogen (secondary N) is 1. The lowest BCUT2D eigenvalue weighted by Crippen LogP contribution is -2.44. The van der Waals surface area contributed by atoms with Crippen LogP contribution in [0.5, 0.6) is 11.5 Å². The van der Waals surface area contributed by atoms with E-state index in [2.05, 4.69) is 65.0 Å². The Bertz CT molecular complexity index is 927. The molecule has 2 atom stereocenters. The van der Waals surface area contributed by atoms with Crippen LogP contribution in [0.4, 0.5) is 0 Å².